The number of hydrogen-bond donors (Lipinski definition) is 1. The average molecular weight is 157 g/mol. The van der Waals surface area contributed by atoms with Gasteiger partial charge in [-0.15, -0.1) is 0 Å². The molecule has 0 amide bonds. The van der Waals surface area contributed by atoms with E-state index >= 15 is 0 Å². The Morgan fingerprint density at radius 1 is 1.55 bits per heavy atom. The Balaban J connectivity index is 3.44. The Bertz CT molecular complexity index is 99.7. The molecule has 0 saturated heterocycles. The van der Waals surface area contributed by atoms with Gasteiger partial charge in [0.15, 0.2) is 0 Å². The van der Waals surface area contributed by atoms with Crippen molar-refractivity contribution in [3.63, 3.8) is 0 Å². The van der Waals surface area contributed by atoms with E-state index in [4.69, 9.17) is 5.11 Å². The zero-order chi connectivity index (χ0) is 8.69. The van der Waals surface area contributed by atoms with Crippen LogP contribution in [-0.2, 0) is 4.79 Å². The summed E-state index contributed by atoms with van der Waals surface area (Å²) in [5.41, 5.74) is 0. The molecule has 0 aliphatic heterocycles. The molecule has 2 nitrogen and oxygen atoms in total. The van der Waals surface area contributed by atoms with Gasteiger partial charge >= 0.3 is 0 Å². The van der Waals surface area contributed by atoms with Crippen molar-refractivity contribution in [1.82, 2.24) is 0 Å². The average Bonchev–Trinajstić information content (AvgIpc) is 1.97. The smallest absolute Gasteiger partial charge is 0.125 e. The molecule has 0 rings (SSSR count). The molecule has 0 saturated carbocycles. The highest BCUT2D eigenvalue weighted by atomic mass is 16.3. The van der Waals surface area contributed by atoms with Crippen LogP contribution in [0.25, 0.3) is 0 Å². The lowest BCUT2D eigenvalue weighted by Crippen LogP contribution is -2.18. The Morgan fingerprint density at radius 2 is 2.18 bits per heavy atom. The number of rotatable bonds is 6. The van der Waals surface area contributed by atoms with Crippen LogP contribution in [0.3, 0.4) is 0 Å². The fraction of sp³-hybridized carbons (Fsp3) is 0.778. The molecule has 0 fully saturated rings. The van der Waals surface area contributed by atoms with Gasteiger partial charge in [-0.3, -0.25) is 0 Å². The van der Waals surface area contributed by atoms with Crippen molar-refractivity contribution in [2.24, 2.45) is 5.92 Å². The van der Waals surface area contributed by atoms with E-state index in [-0.39, 0.29) is 5.92 Å². The van der Waals surface area contributed by atoms with Crippen LogP contribution in [0, 0.1) is 12.8 Å². The highest BCUT2D eigenvalue weighted by Crippen LogP contribution is 2.10. The summed E-state index contributed by atoms with van der Waals surface area (Å²) in [6.45, 7) is 5.52. The van der Waals surface area contributed by atoms with Crippen LogP contribution >= 0.6 is 0 Å². The number of aliphatic hydroxyl groups excluding tert-OH is 1. The number of unbranched alkanes of at least 4 members (excludes halogenated alkanes) is 2. The predicted octanol–water partition coefficient (Wildman–Crippen LogP) is 1.58. The predicted molar refractivity (Wildman–Crippen MR) is 45.1 cm³/mol. The summed E-state index contributed by atoms with van der Waals surface area (Å²) < 4.78 is 0. The molecule has 0 heterocycles. The minimum absolute atomic E-state index is 0.262. The van der Waals surface area contributed by atoms with Gasteiger partial charge in [-0.2, -0.15) is 0 Å². The molecular weight excluding hydrogens is 140 g/mol. The Kier molecular flexibility index (Phi) is 6.13. The number of hydrogen-bond acceptors (Lipinski definition) is 2. The quantitative estimate of drug-likeness (QED) is 0.469. The van der Waals surface area contributed by atoms with E-state index in [1.807, 2.05) is 0 Å². The lowest BCUT2D eigenvalue weighted by Gasteiger charge is -2.11. The summed E-state index contributed by atoms with van der Waals surface area (Å²) in [5.74, 6) is -0.262. The zero-order valence-corrected chi connectivity index (χ0v) is 7.12. The molecule has 2 atom stereocenters. The fourth-order valence-electron chi connectivity index (χ4n) is 0.981. The molecule has 0 aliphatic rings. The van der Waals surface area contributed by atoms with Crippen LogP contribution in [0.1, 0.15) is 32.6 Å². The maximum Gasteiger partial charge on any atom is 0.125 e. The van der Waals surface area contributed by atoms with E-state index in [0.29, 0.717) is 0 Å². The molecule has 2 heteroatoms. The molecule has 0 spiro atoms. The van der Waals surface area contributed by atoms with Gasteiger partial charge in [-0.05, 0) is 13.3 Å². The molecule has 11 heavy (non-hydrogen) atoms. The van der Waals surface area contributed by atoms with Gasteiger partial charge < -0.3 is 9.90 Å². The SMILES string of the molecule is [CH2]C(O)C(C=O)CCCCC. The van der Waals surface area contributed by atoms with Crippen molar-refractivity contribution >= 4 is 6.29 Å². The highest BCUT2D eigenvalue weighted by molar-refractivity contribution is 5.54. The molecule has 2 unspecified atom stereocenters. The molecule has 0 bridgehead atoms. The number of aliphatic hydroxyl groups is 1. The molecule has 0 aliphatic carbocycles. The van der Waals surface area contributed by atoms with Gasteiger partial charge in [0.05, 0.1) is 6.10 Å². The van der Waals surface area contributed by atoms with Crippen molar-refractivity contribution in [3.05, 3.63) is 6.92 Å². The standard InChI is InChI=1S/C9H17O2/c1-3-4-5-6-9(7-10)8(2)11/h7-9,11H,2-6H2,1H3. The number of carbonyl (C=O) groups is 1. The first-order valence-electron chi connectivity index (χ1n) is 4.18. The van der Waals surface area contributed by atoms with Crippen molar-refractivity contribution in [1.29, 1.82) is 0 Å². The minimum atomic E-state index is -0.732. The van der Waals surface area contributed by atoms with Crippen molar-refractivity contribution in [2.75, 3.05) is 0 Å². The van der Waals surface area contributed by atoms with Crippen LogP contribution < -0.4 is 0 Å². The third kappa shape index (κ3) is 4.96. The Morgan fingerprint density at radius 3 is 2.55 bits per heavy atom. The fourth-order valence-corrected chi connectivity index (χ4v) is 0.981. The normalized spacial score (nSPS) is 15.9. The summed E-state index contributed by atoms with van der Waals surface area (Å²) in [6, 6.07) is 0. The van der Waals surface area contributed by atoms with E-state index < -0.39 is 6.10 Å². The van der Waals surface area contributed by atoms with E-state index in [9.17, 15) is 4.79 Å². The third-order valence-electron chi connectivity index (χ3n) is 1.81. The second-order valence-corrected chi connectivity index (χ2v) is 2.86. The van der Waals surface area contributed by atoms with Gasteiger partial charge in [0, 0.05) is 5.92 Å². The van der Waals surface area contributed by atoms with Crippen LogP contribution in [0.4, 0.5) is 0 Å². The first-order valence-corrected chi connectivity index (χ1v) is 4.18. The topological polar surface area (TPSA) is 37.3 Å². The molecular formula is C9H17O2. The molecule has 0 aromatic heterocycles. The highest BCUT2D eigenvalue weighted by Gasteiger charge is 2.12. The summed E-state index contributed by atoms with van der Waals surface area (Å²) in [6.07, 6.45) is 4.10. The van der Waals surface area contributed by atoms with Crippen molar-refractivity contribution < 1.29 is 9.90 Å². The maximum atomic E-state index is 10.3. The lowest BCUT2D eigenvalue weighted by molar-refractivity contribution is -0.113. The Hall–Kier alpha value is -0.370. The summed E-state index contributed by atoms with van der Waals surface area (Å²) in [7, 11) is 0. The monoisotopic (exact) mass is 157 g/mol. The van der Waals surface area contributed by atoms with E-state index in [1.54, 1.807) is 0 Å². The molecule has 1 radical (unpaired) electrons. The van der Waals surface area contributed by atoms with Crippen molar-refractivity contribution in [2.45, 2.75) is 38.7 Å². The number of aldehydes is 1. The van der Waals surface area contributed by atoms with E-state index in [2.05, 4.69) is 13.8 Å². The van der Waals surface area contributed by atoms with Gasteiger partial charge in [0.1, 0.15) is 6.29 Å². The van der Waals surface area contributed by atoms with Crippen molar-refractivity contribution in [3.8, 4) is 0 Å². The molecule has 0 aromatic rings. The van der Waals surface area contributed by atoms with Crippen LogP contribution in [0.15, 0.2) is 0 Å². The first-order chi connectivity index (χ1) is 5.22. The van der Waals surface area contributed by atoms with Crippen LogP contribution in [-0.4, -0.2) is 17.5 Å². The molecule has 65 valence electrons. The first kappa shape index (κ1) is 10.6. The van der Waals surface area contributed by atoms with Crippen LogP contribution in [0.2, 0.25) is 0 Å². The third-order valence-corrected chi connectivity index (χ3v) is 1.81. The second kappa shape index (κ2) is 6.35. The summed E-state index contributed by atoms with van der Waals surface area (Å²) in [5, 5.41) is 8.97. The minimum Gasteiger partial charge on any atom is -0.392 e. The van der Waals surface area contributed by atoms with Crippen LogP contribution in [0.5, 0.6) is 0 Å². The summed E-state index contributed by atoms with van der Waals surface area (Å²) in [4.78, 5) is 10.3. The second-order valence-electron chi connectivity index (χ2n) is 2.86. The van der Waals surface area contributed by atoms with Gasteiger partial charge in [0.25, 0.3) is 0 Å². The van der Waals surface area contributed by atoms with E-state index in [1.165, 1.54) is 0 Å². The molecule has 0 aromatic carbocycles. The largest absolute Gasteiger partial charge is 0.392 e. The van der Waals surface area contributed by atoms with E-state index in [0.717, 1.165) is 32.0 Å². The van der Waals surface area contributed by atoms with Gasteiger partial charge in [-0.25, -0.2) is 0 Å². The van der Waals surface area contributed by atoms with Gasteiger partial charge in [-0.1, -0.05) is 26.2 Å². The maximum absolute atomic E-state index is 10.3. The lowest BCUT2D eigenvalue weighted by atomic mass is 9.98. The number of carbonyl (C=O) groups excluding carboxylic acids is 1. The molecule has 1 N–H and O–H groups in total. The Labute approximate surface area is 68.6 Å². The zero-order valence-electron chi connectivity index (χ0n) is 7.12. The van der Waals surface area contributed by atoms with Gasteiger partial charge in [0.2, 0.25) is 0 Å². The summed E-state index contributed by atoms with van der Waals surface area (Å²) >= 11 is 0.